The fraction of sp³-hybridized carbons (Fsp3) is 0.310. The molecule has 0 bridgehead atoms. The first-order valence-corrected chi connectivity index (χ1v) is 16.0. The molecule has 0 aliphatic rings. The molecule has 0 aromatic heterocycles. The molecule has 7 nitrogen and oxygen atoms in total. The molecule has 0 heterocycles. The SMILES string of the molecule is CC[C@H](C)NC(=O)[C@H](Cc1ccccc1)N(Cc1ccc(Br)cc1)C(=O)CN(c1ccc(Br)cc1)S(C)(=O)=O. The highest BCUT2D eigenvalue weighted by Crippen LogP contribution is 2.23. The summed E-state index contributed by atoms with van der Waals surface area (Å²) in [5.74, 6) is -0.764. The summed E-state index contributed by atoms with van der Waals surface area (Å²) in [5.41, 5.74) is 2.07. The van der Waals surface area contributed by atoms with Crippen LogP contribution in [0.4, 0.5) is 5.69 Å². The zero-order chi connectivity index (χ0) is 28.6. The summed E-state index contributed by atoms with van der Waals surface area (Å²) in [5, 5.41) is 3.02. The lowest BCUT2D eigenvalue weighted by atomic mass is 10.0. The fourth-order valence-corrected chi connectivity index (χ4v) is 5.38. The molecule has 208 valence electrons. The number of carbonyl (C=O) groups is 2. The molecule has 3 aromatic rings. The van der Waals surface area contributed by atoms with Crippen LogP contribution in [-0.4, -0.2) is 50.0 Å². The van der Waals surface area contributed by atoms with E-state index in [4.69, 9.17) is 0 Å². The first-order chi connectivity index (χ1) is 18.5. The highest BCUT2D eigenvalue weighted by molar-refractivity contribution is 9.10. The van der Waals surface area contributed by atoms with Gasteiger partial charge in [-0.2, -0.15) is 0 Å². The van der Waals surface area contributed by atoms with Crippen molar-refractivity contribution in [3.05, 3.63) is 98.9 Å². The second kappa shape index (κ2) is 14.1. The summed E-state index contributed by atoms with van der Waals surface area (Å²) in [7, 11) is -3.80. The molecule has 0 radical (unpaired) electrons. The molecular weight excluding hydrogens is 646 g/mol. The van der Waals surface area contributed by atoms with Gasteiger partial charge in [-0.3, -0.25) is 13.9 Å². The van der Waals surface area contributed by atoms with Crippen LogP contribution in [-0.2, 0) is 32.6 Å². The number of amides is 2. The Morgan fingerprint density at radius 3 is 1.97 bits per heavy atom. The van der Waals surface area contributed by atoms with Crippen LogP contribution in [0.15, 0.2) is 87.8 Å². The highest BCUT2D eigenvalue weighted by Gasteiger charge is 2.33. The number of nitrogens with one attached hydrogen (secondary N) is 1. The third kappa shape index (κ3) is 9.19. The summed E-state index contributed by atoms with van der Waals surface area (Å²) in [4.78, 5) is 29.2. The van der Waals surface area contributed by atoms with E-state index in [1.165, 1.54) is 4.90 Å². The Kier molecular flexibility index (Phi) is 11.1. The molecule has 0 aliphatic heterocycles. The first kappa shape index (κ1) is 30.8. The minimum Gasteiger partial charge on any atom is -0.352 e. The van der Waals surface area contributed by atoms with Crippen LogP contribution in [0.3, 0.4) is 0 Å². The van der Waals surface area contributed by atoms with Gasteiger partial charge in [0.25, 0.3) is 0 Å². The summed E-state index contributed by atoms with van der Waals surface area (Å²) < 4.78 is 28.4. The minimum atomic E-state index is -3.80. The molecule has 3 aromatic carbocycles. The zero-order valence-electron chi connectivity index (χ0n) is 22.2. The highest BCUT2D eigenvalue weighted by atomic mass is 79.9. The molecule has 0 unspecified atom stereocenters. The van der Waals surface area contributed by atoms with Crippen LogP contribution in [0.5, 0.6) is 0 Å². The van der Waals surface area contributed by atoms with E-state index in [0.717, 1.165) is 37.1 Å². The predicted octanol–water partition coefficient (Wildman–Crippen LogP) is 5.53. The molecule has 2 atom stereocenters. The largest absolute Gasteiger partial charge is 0.352 e. The normalized spacial score (nSPS) is 12.8. The van der Waals surface area contributed by atoms with Gasteiger partial charge in [0.15, 0.2) is 0 Å². The Morgan fingerprint density at radius 1 is 0.872 bits per heavy atom. The number of benzene rings is 3. The average Bonchev–Trinajstić information content (AvgIpc) is 2.90. The van der Waals surface area contributed by atoms with Crippen LogP contribution >= 0.6 is 31.9 Å². The number of rotatable bonds is 12. The lowest BCUT2D eigenvalue weighted by Crippen LogP contribution is -2.54. The number of carbonyl (C=O) groups excluding carboxylic acids is 2. The lowest BCUT2D eigenvalue weighted by Gasteiger charge is -2.34. The van der Waals surface area contributed by atoms with E-state index in [1.807, 2.05) is 68.4 Å². The van der Waals surface area contributed by atoms with Gasteiger partial charge >= 0.3 is 0 Å². The number of hydrogen-bond donors (Lipinski definition) is 1. The van der Waals surface area contributed by atoms with Gasteiger partial charge in [-0.1, -0.05) is 81.2 Å². The summed E-state index contributed by atoms with van der Waals surface area (Å²) in [6, 6.07) is 22.7. The van der Waals surface area contributed by atoms with Crippen molar-refractivity contribution in [2.24, 2.45) is 0 Å². The van der Waals surface area contributed by atoms with E-state index in [1.54, 1.807) is 24.3 Å². The third-order valence-electron chi connectivity index (χ3n) is 6.33. The topological polar surface area (TPSA) is 86.8 Å². The van der Waals surface area contributed by atoms with Crippen molar-refractivity contribution in [2.45, 2.75) is 45.3 Å². The molecule has 2 amide bonds. The number of hydrogen-bond acceptors (Lipinski definition) is 4. The standard InChI is InChI=1S/C29H33Br2N3O4S/c1-4-21(2)32-29(36)27(18-22-8-6-5-7-9-22)33(19-23-10-12-24(30)13-11-23)28(35)20-34(39(3,37)38)26-16-14-25(31)15-17-26/h5-17,21,27H,4,18-20H2,1-3H3,(H,32,36)/t21-,27-/m0/s1. The van der Waals surface area contributed by atoms with Crippen molar-refractivity contribution < 1.29 is 18.0 Å². The van der Waals surface area contributed by atoms with E-state index < -0.39 is 28.5 Å². The molecule has 1 N–H and O–H groups in total. The average molecular weight is 679 g/mol. The van der Waals surface area contributed by atoms with Crippen molar-refractivity contribution in [1.82, 2.24) is 10.2 Å². The van der Waals surface area contributed by atoms with E-state index in [-0.39, 0.29) is 24.9 Å². The maximum Gasteiger partial charge on any atom is 0.244 e. The summed E-state index contributed by atoms with van der Waals surface area (Å²) >= 11 is 6.80. The van der Waals surface area contributed by atoms with Gasteiger partial charge in [0, 0.05) is 28.0 Å². The minimum absolute atomic E-state index is 0.0873. The van der Waals surface area contributed by atoms with Crippen molar-refractivity contribution in [1.29, 1.82) is 0 Å². The van der Waals surface area contributed by atoms with Crippen molar-refractivity contribution in [3.63, 3.8) is 0 Å². The van der Waals surface area contributed by atoms with Crippen molar-refractivity contribution in [3.8, 4) is 0 Å². The fourth-order valence-electron chi connectivity index (χ4n) is 4.00. The van der Waals surface area contributed by atoms with Gasteiger partial charge in [0.2, 0.25) is 21.8 Å². The molecule has 0 fully saturated rings. The second-order valence-corrected chi connectivity index (χ2v) is 13.2. The van der Waals surface area contributed by atoms with Crippen LogP contribution in [0.2, 0.25) is 0 Å². The zero-order valence-corrected chi connectivity index (χ0v) is 26.2. The molecular formula is C29H33Br2N3O4S. The van der Waals surface area contributed by atoms with Gasteiger partial charge in [-0.25, -0.2) is 8.42 Å². The smallest absolute Gasteiger partial charge is 0.244 e. The summed E-state index contributed by atoms with van der Waals surface area (Å²) in [6.45, 7) is 3.58. The molecule has 0 saturated heterocycles. The molecule has 0 aliphatic carbocycles. The van der Waals surface area contributed by atoms with Crippen molar-refractivity contribution >= 4 is 59.4 Å². The van der Waals surface area contributed by atoms with Gasteiger partial charge in [0.05, 0.1) is 11.9 Å². The van der Waals surface area contributed by atoms with E-state index >= 15 is 0 Å². The first-order valence-electron chi connectivity index (χ1n) is 12.6. The van der Waals surface area contributed by atoms with Crippen LogP contribution in [0, 0.1) is 0 Å². The van der Waals surface area contributed by atoms with E-state index in [2.05, 4.69) is 37.2 Å². The maximum atomic E-state index is 14.0. The number of halogens is 2. The monoisotopic (exact) mass is 677 g/mol. The van der Waals surface area contributed by atoms with Gasteiger partial charge in [0.1, 0.15) is 12.6 Å². The Balaban J connectivity index is 2.04. The predicted molar refractivity (Wildman–Crippen MR) is 163 cm³/mol. The van der Waals surface area contributed by atoms with Crippen LogP contribution < -0.4 is 9.62 Å². The van der Waals surface area contributed by atoms with Gasteiger partial charge < -0.3 is 10.2 Å². The van der Waals surface area contributed by atoms with Crippen LogP contribution in [0.25, 0.3) is 0 Å². The summed E-state index contributed by atoms with van der Waals surface area (Å²) in [6.07, 6.45) is 2.08. The molecule has 0 spiro atoms. The molecule has 10 heteroatoms. The van der Waals surface area contributed by atoms with Crippen LogP contribution in [0.1, 0.15) is 31.4 Å². The Labute approximate surface area is 247 Å². The van der Waals surface area contributed by atoms with Gasteiger partial charge in [-0.05, 0) is 60.9 Å². The Bertz CT molecular complexity index is 1350. The molecule has 39 heavy (non-hydrogen) atoms. The van der Waals surface area contributed by atoms with E-state index in [9.17, 15) is 18.0 Å². The van der Waals surface area contributed by atoms with Gasteiger partial charge in [-0.15, -0.1) is 0 Å². The Hall–Kier alpha value is -2.69. The Morgan fingerprint density at radius 2 is 1.44 bits per heavy atom. The molecule has 3 rings (SSSR count). The third-order valence-corrected chi connectivity index (χ3v) is 8.53. The quantitative estimate of drug-likeness (QED) is 0.273. The number of nitrogens with zero attached hydrogens (tertiary/aromatic N) is 2. The maximum absolute atomic E-state index is 14.0. The number of sulfonamides is 1. The lowest BCUT2D eigenvalue weighted by molar-refractivity contribution is -0.140. The molecule has 0 saturated carbocycles. The van der Waals surface area contributed by atoms with Crippen molar-refractivity contribution in [2.75, 3.05) is 17.1 Å². The second-order valence-electron chi connectivity index (χ2n) is 9.42. The van der Waals surface area contributed by atoms with E-state index in [0.29, 0.717) is 5.69 Å². The number of anilines is 1.